The Morgan fingerprint density at radius 1 is 1.29 bits per heavy atom. The van der Waals surface area contributed by atoms with Gasteiger partial charge in [-0.3, -0.25) is 9.09 Å². The van der Waals surface area contributed by atoms with Crippen molar-refractivity contribution in [2.75, 3.05) is 18.9 Å². The zero-order valence-electron chi connectivity index (χ0n) is 16.1. The zero-order valence-corrected chi connectivity index (χ0v) is 17.0. The first-order valence-electron chi connectivity index (χ1n) is 8.89. The van der Waals surface area contributed by atoms with E-state index >= 15 is 0 Å². The SMILES string of the molecule is C.CC(=O)CCCN.Nc1ncnc2c1ncn2C1OC(COP(=O)(O)O)C(O)C1O. The van der Waals surface area contributed by atoms with Gasteiger partial charge < -0.3 is 41.0 Å². The summed E-state index contributed by atoms with van der Waals surface area (Å²) < 4.78 is 21.8. The number of fused-ring (bicyclic) bond motifs is 1. The number of phosphoric ester groups is 1. The highest BCUT2D eigenvalue weighted by molar-refractivity contribution is 7.46. The molecule has 8 N–H and O–H groups in total. The number of anilines is 1. The number of nitrogens with two attached hydrogens (primary N) is 2. The normalized spacial score (nSPS) is 23.2. The summed E-state index contributed by atoms with van der Waals surface area (Å²) in [4.78, 5) is 39.3. The van der Waals surface area contributed by atoms with Crippen LogP contribution in [-0.2, 0) is 18.6 Å². The molecule has 31 heavy (non-hydrogen) atoms. The van der Waals surface area contributed by atoms with Crippen LogP contribution in [0.3, 0.4) is 0 Å². The molecule has 0 bridgehead atoms. The van der Waals surface area contributed by atoms with E-state index in [4.69, 9.17) is 26.0 Å². The van der Waals surface area contributed by atoms with Crippen LogP contribution in [0.2, 0.25) is 0 Å². The fourth-order valence-electron chi connectivity index (χ4n) is 2.67. The number of phosphoric acid groups is 1. The largest absolute Gasteiger partial charge is 0.469 e. The number of carbonyl (C=O) groups is 1. The van der Waals surface area contributed by atoms with Crippen LogP contribution in [0, 0.1) is 0 Å². The van der Waals surface area contributed by atoms with Crippen molar-refractivity contribution >= 4 is 30.6 Å². The van der Waals surface area contributed by atoms with Crippen molar-refractivity contribution in [3.8, 4) is 0 Å². The second-order valence-electron chi connectivity index (χ2n) is 6.51. The van der Waals surface area contributed by atoms with Gasteiger partial charge in [-0.15, -0.1) is 0 Å². The molecule has 1 saturated heterocycles. The Hall–Kier alpha value is -2.03. The van der Waals surface area contributed by atoms with E-state index in [1.165, 1.54) is 17.2 Å². The molecule has 1 fully saturated rings. The molecule has 4 unspecified atom stereocenters. The quantitative estimate of drug-likeness (QED) is 0.273. The number of nitrogen functional groups attached to an aromatic ring is 1. The number of nitrogens with zero attached hydrogens (tertiary/aromatic N) is 4. The Morgan fingerprint density at radius 2 is 1.97 bits per heavy atom. The molecule has 176 valence electrons. The van der Waals surface area contributed by atoms with E-state index in [1.807, 2.05) is 0 Å². The van der Waals surface area contributed by atoms with Gasteiger partial charge in [-0.1, -0.05) is 7.43 Å². The van der Waals surface area contributed by atoms with Crippen LogP contribution in [0.4, 0.5) is 5.82 Å². The summed E-state index contributed by atoms with van der Waals surface area (Å²) in [6.45, 7) is 1.61. The molecule has 0 aromatic carbocycles. The topological polar surface area (TPSA) is 229 Å². The standard InChI is InChI=1S/C10H14N5O7P.C5H11NO.CH4/c11-8-5-9(13-2-12-8)15(3-14-5)10-7(17)6(16)4(22-10)1-21-23(18,19)20;1-5(7)3-2-4-6;/h2-4,6-7,10,16-17H,1H2,(H2,11,12,13)(H2,18,19,20);2-4,6H2,1H3;1H4. The minimum absolute atomic E-state index is 0. The van der Waals surface area contributed by atoms with Crippen molar-refractivity contribution in [1.82, 2.24) is 19.5 Å². The Labute approximate surface area is 178 Å². The van der Waals surface area contributed by atoms with Crippen LogP contribution in [0.1, 0.15) is 33.4 Å². The Balaban J connectivity index is 0.000000523. The number of imidazole rings is 1. The number of aliphatic hydroxyl groups is 2. The van der Waals surface area contributed by atoms with Gasteiger partial charge in [0.05, 0.1) is 12.9 Å². The van der Waals surface area contributed by atoms with E-state index in [2.05, 4.69) is 19.5 Å². The third-order valence-corrected chi connectivity index (χ3v) is 4.62. The Kier molecular flexibility index (Phi) is 10.1. The van der Waals surface area contributed by atoms with Crippen LogP contribution in [-0.4, -0.2) is 76.8 Å². The van der Waals surface area contributed by atoms with E-state index in [0.717, 1.165) is 6.42 Å². The second kappa shape index (κ2) is 11.5. The average molecular weight is 464 g/mol. The lowest BCUT2D eigenvalue weighted by Gasteiger charge is -2.16. The number of carbonyl (C=O) groups excluding carboxylic acids is 1. The molecule has 0 saturated carbocycles. The first kappa shape index (κ1) is 27.0. The highest BCUT2D eigenvalue weighted by Crippen LogP contribution is 2.38. The van der Waals surface area contributed by atoms with Gasteiger partial charge in [0.15, 0.2) is 17.7 Å². The van der Waals surface area contributed by atoms with Crippen molar-refractivity contribution < 1.29 is 38.6 Å². The van der Waals surface area contributed by atoms with E-state index in [9.17, 15) is 19.6 Å². The summed E-state index contributed by atoms with van der Waals surface area (Å²) in [6, 6.07) is 0. The fraction of sp³-hybridized carbons (Fsp3) is 0.625. The smallest absolute Gasteiger partial charge is 0.387 e. The molecular weight excluding hydrogens is 435 g/mol. The number of hydrogen-bond donors (Lipinski definition) is 6. The molecule has 4 atom stereocenters. The van der Waals surface area contributed by atoms with Gasteiger partial charge in [-0.2, -0.15) is 0 Å². The van der Waals surface area contributed by atoms with Gasteiger partial charge in [0.25, 0.3) is 0 Å². The van der Waals surface area contributed by atoms with Gasteiger partial charge >= 0.3 is 7.82 Å². The lowest BCUT2D eigenvalue weighted by molar-refractivity contribution is -0.117. The summed E-state index contributed by atoms with van der Waals surface area (Å²) in [6.07, 6.45) is -1.03. The molecule has 3 rings (SSSR count). The molecule has 0 amide bonds. The number of aromatic nitrogens is 4. The number of hydrogen-bond acceptors (Lipinski definition) is 11. The maximum Gasteiger partial charge on any atom is 0.469 e. The summed E-state index contributed by atoms with van der Waals surface area (Å²) in [5.74, 6) is 0.369. The van der Waals surface area contributed by atoms with Crippen molar-refractivity contribution in [1.29, 1.82) is 0 Å². The molecule has 3 heterocycles. The fourth-order valence-corrected chi connectivity index (χ4v) is 3.02. The molecule has 0 radical (unpaired) electrons. The van der Waals surface area contributed by atoms with Crippen molar-refractivity contribution in [2.24, 2.45) is 5.73 Å². The predicted molar refractivity (Wildman–Crippen MR) is 109 cm³/mol. The number of ketones is 1. The molecule has 1 aliphatic heterocycles. The first-order chi connectivity index (χ1) is 14.0. The number of rotatable bonds is 7. The van der Waals surface area contributed by atoms with Crippen molar-refractivity contribution in [3.05, 3.63) is 12.7 Å². The van der Waals surface area contributed by atoms with E-state index in [0.29, 0.717) is 18.5 Å². The Morgan fingerprint density at radius 3 is 2.52 bits per heavy atom. The number of Topliss-reactive ketones (excluding diaryl/α,β-unsaturated/α-hetero) is 1. The highest BCUT2D eigenvalue weighted by atomic mass is 31.2. The monoisotopic (exact) mass is 464 g/mol. The minimum Gasteiger partial charge on any atom is -0.387 e. The summed E-state index contributed by atoms with van der Waals surface area (Å²) in [5, 5.41) is 20.1. The Bertz CT molecular complexity index is 905. The van der Waals surface area contributed by atoms with Gasteiger partial charge in [-0.25, -0.2) is 19.5 Å². The van der Waals surface area contributed by atoms with Crippen LogP contribution in [0.25, 0.3) is 11.2 Å². The predicted octanol–water partition coefficient (Wildman–Crippen LogP) is -0.913. The summed E-state index contributed by atoms with van der Waals surface area (Å²) in [5.41, 5.74) is 11.4. The maximum absolute atomic E-state index is 10.7. The first-order valence-corrected chi connectivity index (χ1v) is 10.4. The van der Waals surface area contributed by atoms with Crippen LogP contribution >= 0.6 is 7.82 Å². The molecule has 1 aliphatic rings. The summed E-state index contributed by atoms with van der Waals surface area (Å²) >= 11 is 0. The highest BCUT2D eigenvalue weighted by Gasteiger charge is 2.45. The van der Waals surface area contributed by atoms with Gasteiger partial charge in [-0.05, 0) is 19.9 Å². The van der Waals surface area contributed by atoms with Crippen LogP contribution in [0.5, 0.6) is 0 Å². The molecule has 14 nitrogen and oxygen atoms in total. The molecule has 2 aromatic heterocycles. The lowest BCUT2D eigenvalue weighted by Crippen LogP contribution is -2.33. The van der Waals surface area contributed by atoms with Crippen LogP contribution < -0.4 is 11.5 Å². The minimum atomic E-state index is -4.72. The second-order valence-corrected chi connectivity index (χ2v) is 7.75. The van der Waals surface area contributed by atoms with Crippen LogP contribution in [0.15, 0.2) is 12.7 Å². The third-order valence-electron chi connectivity index (χ3n) is 4.14. The molecule has 2 aromatic rings. The van der Waals surface area contributed by atoms with Gasteiger partial charge in [0.1, 0.15) is 35.9 Å². The zero-order chi connectivity index (χ0) is 22.5. The third kappa shape index (κ3) is 7.26. The number of aliphatic hydroxyl groups excluding tert-OH is 2. The van der Waals surface area contributed by atoms with Gasteiger partial charge in [0.2, 0.25) is 0 Å². The van der Waals surface area contributed by atoms with E-state index < -0.39 is 39.0 Å². The van der Waals surface area contributed by atoms with Crippen molar-refractivity contribution in [2.45, 2.75) is 51.7 Å². The van der Waals surface area contributed by atoms with E-state index in [1.54, 1.807) is 6.92 Å². The molecule has 0 spiro atoms. The molecule has 0 aliphatic carbocycles. The maximum atomic E-state index is 10.7. The van der Waals surface area contributed by atoms with E-state index in [-0.39, 0.29) is 24.7 Å². The lowest BCUT2D eigenvalue weighted by atomic mass is 10.1. The number of ether oxygens (including phenoxy) is 1. The van der Waals surface area contributed by atoms with Crippen molar-refractivity contribution in [3.63, 3.8) is 0 Å². The molecular formula is C16H29N6O8P. The van der Waals surface area contributed by atoms with Gasteiger partial charge in [0, 0.05) is 6.42 Å². The molecule has 15 heteroatoms. The average Bonchev–Trinajstić information content (AvgIpc) is 3.21. The summed E-state index contributed by atoms with van der Waals surface area (Å²) in [7, 11) is -4.72.